The van der Waals surface area contributed by atoms with Gasteiger partial charge in [0.15, 0.2) is 0 Å². The van der Waals surface area contributed by atoms with Gasteiger partial charge in [-0.15, -0.1) is 0 Å². The van der Waals surface area contributed by atoms with Crippen molar-refractivity contribution in [1.29, 1.82) is 0 Å². The Labute approximate surface area is 177 Å². The van der Waals surface area contributed by atoms with Crippen LogP contribution in [0.5, 0.6) is 5.88 Å². The number of nitrogens with zero attached hydrogens (tertiary/aromatic N) is 4. The third kappa shape index (κ3) is 4.81. The summed E-state index contributed by atoms with van der Waals surface area (Å²) in [6.07, 6.45) is 4.18. The number of nitrogens with one attached hydrogen (secondary N) is 1. The Morgan fingerprint density at radius 2 is 2.07 bits per heavy atom. The van der Waals surface area contributed by atoms with Gasteiger partial charge >= 0.3 is 6.03 Å². The molecule has 3 heterocycles. The lowest BCUT2D eigenvalue weighted by molar-refractivity contribution is -0.0642. The first kappa shape index (κ1) is 20.4. The molecule has 0 aliphatic carbocycles. The van der Waals surface area contributed by atoms with Crippen LogP contribution in [0.2, 0.25) is 0 Å². The Morgan fingerprint density at radius 1 is 1.20 bits per heavy atom. The van der Waals surface area contributed by atoms with Crippen molar-refractivity contribution in [2.75, 3.05) is 44.8 Å². The number of benzene rings is 1. The molecule has 2 amide bonds. The molecule has 4 rings (SSSR count). The zero-order valence-corrected chi connectivity index (χ0v) is 17.4. The molecule has 2 fully saturated rings. The number of ether oxygens (including phenoxy) is 2. The first-order valence-corrected chi connectivity index (χ1v) is 10.5. The topological polar surface area (TPSA) is 79.8 Å². The largest absolute Gasteiger partial charge is 0.481 e. The fraction of sp³-hybridized carbons (Fsp3) is 0.500. The van der Waals surface area contributed by atoms with E-state index in [1.54, 1.807) is 7.11 Å². The van der Waals surface area contributed by atoms with Crippen LogP contribution in [0.15, 0.2) is 42.7 Å². The number of methoxy groups -OCH3 is 1. The quantitative estimate of drug-likeness (QED) is 0.833. The van der Waals surface area contributed by atoms with E-state index in [2.05, 4.69) is 20.2 Å². The first-order valence-electron chi connectivity index (χ1n) is 10.5. The summed E-state index contributed by atoms with van der Waals surface area (Å²) in [4.78, 5) is 25.3. The molecule has 0 saturated carbocycles. The number of aromatic nitrogens is 2. The number of hydrogen-bond acceptors (Lipinski definition) is 6. The number of hydrogen-bond donors (Lipinski definition) is 1. The Hall–Kier alpha value is -2.87. The van der Waals surface area contributed by atoms with E-state index in [-0.39, 0.29) is 11.6 Å². The van der Waals surface area contributed by atoms with Crippen LogP contribution < -0.4 is 15.0 Å². The van der Waals surface area contributed by atoms with E-state index in [1.165, 1.54) is 6.33 Å². The van der Waals surface area contributed by atoms with Gasteiger partial charge in [-0.2, -0.15) is 0 Å². The van der Waals surface area contributed by atoms with Gasteiger partial charge in [-0.05, 0) is 24.8 Å². The lowest BCUT2D eigenvalue weighted by Gasteiger charge is -2.43. The molecule has 30 heavy (non-hydrogen) atoms. The maximum absolute atomic E-state index is 12.7. The lowest BCUT2D eigenvalue weighted by atomic mass is 9.92. The highest BCUT2D eigenvalue weighted by Crippen LogP contribution is 2.32. The Balaban J connectivity index is 1.36. The summed E-state index contributed by atoms with van der Waals surface area (Å²) in [5.41, 5.74) is 0.842. The molecular formula is C22H29N5O3. The number of carbonyl (C=O) groups is 1. The molecular weight excluding hydrogens is 382 g/mol. The summed E-state index contributed by atoms with van der Waals surface area (Å²) in [6, 6.07) is 11.8. The van der Waals surface area contributed by atoms with Gasteiger partial charge < -0.3 is 24.6 Å². The lowest BCUT2D eigenvalue weighted by Crippen LogP contribution is -2.53. The van der Waals surface area contributed by atoms with Crippen molar-refractivity contribution in [1.82, 2.24) is 20.2 Å². The highest BCUT2D eigenvalue weighted by atomic mass is 16.5. The summed E-state index contributed by atoms with van der Waals surface area (Å²) in [5.74, 6) is 1.41. The second kappa shape index (κ2) is 9.30. The molecule has 160 valence electrons. The van der Waals surface area contributed by atoms with Gasteiger partial charge in [0.25, 0.3) is 0 Å². The smallest absolute Gasteiger partial charge is 0.317 e. The molecule has 1 atom stereocenters. The Bertz CT molecular complexity index is 850. The average Bonchev–Trinajstić information content (AvgIpc) is 3.00. The van der Waals surface area contributed by atoms with Gasteiger partial charge in [0.2, 0.25) is 5.88 Å². The molecule has 1 N–H and O–H groups in total. The number of anilines is 1. The summed E-state index contributed by atoms with van der Waals surface area (Å²) in [6.45, 7) is 4.15. The van der Waals surface area contributed by atoms with Crippen molar-refractivity contribution < 1.29 is 14.3 Å². The Morgan fingerprint density at radius 3 is 2.90 bits per heavy atom. The molecule has 2 aromatic rings. The van der Waals surface area contributed by atoms with Crippen LogP contribution in [-0.2, 0) is 11.3 Å². The standard InChI is InChI=1S/C22H29N5O3/c1-29-20-14-19(24-17-25-20)27-12-13-30-22(16-27)8-5-10-26(11-9-22)21(28)23-15-18-6-3-2-4-7-18/h2-4,6-7,14,17H,5,8-13,15-16H2,1H3,(H,23,28)/t22-/m0/s1. The number of urea groups is 1. The minimum Gasteiger partial charge on any atom is -0.481 e. The van der Waals surface area contributed by atoms with Crippen LogP contribution in [0.4, 0.5) is 10.6 Å². The maximum Gasteiger partial charge on any atom is 0.317 e. The fourth-order valence-electron chi connectivity index (χ4n) is 4.21. The highest BCUT2D eigenvalue weighted by Gasteiger charge is 2.39. The highest BCUT2D eigenvalue weighted by molar-refractivity contribution is 5.74. The van der Waals surface area contributed by atoms with E-state index in [4.69, 9.17) is 9.47 Å². The number of likely N-dealkylation sites (tertiary alicyclic amines) is 1. The van der Waals surface area contributed by atoms with Crippen molar-refractivity contribution >= 4 is 11.8 Å². The van der Waals surface area contributed by atoms with E-state index < -0.39 is 0 Å². The zero-order chi connectivity index (χ0) is 20.8. The number of morpholine rings is 1. The molecule has 0 bridgehead atoms. The van der Waals surface area contributed by atoms with Crippen LogP contribution in [0.1, 0.15) is 24.8 Å². The van der Waals surface area contributed by atoms with Crippen molar-refractivity contribution in [2.45, 2.75) is 31.4 Å². The summed E-state index contributed by atoms with van der Waals surface area (Å²) < 4.78 is 11.5. The first-order chi connectivity index (χ1) is 14.7. The molecule has 0 unspecified atom stereocenters. The SMILES string of the molecule is COc1cc(N2CCO[C@]3(CCCN(C(=O)NCc4ccccc4)CC3)C2)ncn1. The van der Waals surface area contributed by atoms with Gasteiger partial charge in [0.1, 0.15) is 12.1 Å². The van der Waals surface area contributed by atoms with Gasteiger partial charge in [0, 0.05) is 38.8 Å². The third-order valence-corrected chi connectivity index (χ3v) is 5.88. The number of rotatable bonds is 4. The van der Waals surface area contributed by atoms with Crippen molar-refractivity contribution in [3.05, 3.63) is 48.3 Å². The molecule has 1 aromatic carbocycles. The fourth-order valence-corrected chi connectivity index (χ4v) is 4.21. The molecule has 0 radical (unpaired) electrons. The molecule has 2 aliphatic rings. The van der Waals surface area contributed by atoms with Gasteiger partial charge in [-0.1, -0.05) is 30.3 Å². The van der Waals surface area contributed by atoms with Gasteiger partial charge in [-0.25, -0.2) is 14.8 Å². The Kier molecular flexibility index (Phi) is 6.32. The van der Waals surface area contributed by atoms with E-state index in [9.17, 15) is 4.79 Å². The van der Waals surface area contributed by atoms with Crippen LogP contribution >= 0.6 is 0 Å². The predicted molar refractivity (Wildman–Crippen MR) is 114 cm³/mol. The minimum atomic E-state index is -0.259. The normalized spacial score (nSPS) is 21.9. The third-order valence-electron chi connectivity index (χ3n) is 5.88. The van der Waals surface area contributed by atoms with Crippen molar-refractivity contribution in [2.24, 2.45) is 0 Å². The maximum atomic E-state index is 12.7. The minimum absolute atomic E-state index is 0.0101. The van der Waals surface area contributed by atoms with E-state index in [0.717, 1.165) is 50.3 Å². The second-order valence-corrected chi connectivity index (χ2v) is 7.86. The van der Waals surface area contributed by atoms with E-state index in [0.29, 0.717) is 25.6 Å². The second-order valence-electron chi connectivity index (χ2n) is 7.86. The zero-order valence-electron chi connectivity index (χ0n) is 17.4. The van der Waals surface area contributed by atoms with Crippen LogP contribution in [-0.4, -0.2) is 66.4 Å². The average molecular weight is 412 g/mol. The predicted octanol–water partition coefficient (Wildman–Crippen LogP) is 2.46. The molecule has 2 saturated heterocycles. The van der Waals surface area contributed by atoms with Crippen LogP contribution in [0.3, 0.4) is 0 Å². The molecule has 2 aliphatic heterocycles. The molecule has 8 nitrogen and oxygen atoms in total. The molecule has 1 aromatic heterocycles. The van der Waals surface area contributed by atoms with E-state index in [1.807, 2.05) is 41.3 Å². The number of amides is 2. The molecule has 1 spiro atoms. The number of carbonyl (C=O) groups excluding carboxylic acids is 1. The van der Waals surface area contributed by atoms with Crippen LogP contribution in [0, 0.1) is 0 Å². The summed E-state index contributed by atoms with van der Waals surface area (Å²) in [5, 5.41) is 3.04. The monoisotopic (exact) mass is 411 g/mol. The summed E-state index contributed by atoms with van der Waals surface area (Å²) in [7, 11) is 1.61. The van der Waals surface area contributed by atoms with Crippen molar-refractivity contribution in [3.8, 4) is 5.88 Å². The van der Waals surface area contributed by atoms with E-state index >= 15 is 0 Å². The molecule has 8 heteroatoms. The van der Waals surface area contributed by atoms with Crippen molar-refractivity contribution in [3.63, 3.8) is 0 Å². The van der Waals surface area contributed by atoms with Gasteiger partial charge in [0.05, 0.1) is 19.3 Å². The van der Waals surface area contributed by atoms with Crippen LogP contribution in [0.25, 0.3) is 0 Å². The van der Waals surface area contributed by atoms with Gasteiger partial charge in [-0.3, -0.25) is 0 Å². The summed E-state index contributed by atoms with van der Waals surface area (Å²) >= 11 is 0.